The third-order valence-corrected chi connectivity index (χ3v) is 5.03. The minimum Gasteiger partial charge on any atom is -0.444 e. The summed E-state index contributed by atoms with van der Waals surface area (Å²) in [7, 11) is 0. The average Bonchev–Trinajstić information content (AvgIpc) is 3.28. The fourth-order valence-corrected chi connectivity index (χ4v) is 3.57. The number of hydrogen-bond donors (Lipinski definition) is 0. The molecule has 0 radical (unpaired) electrons. The second-order valence-corrected chi connectivity index (χ2v) is 8.35. The van der Waals surface area contributed by atoms with Gasteiger partial charge in [-0.2, -0.15) is 13.2 Å². The summed E-state index contributed by atoms with van der Waals surface area (Å²) in [5, 5.41) is 0. The Morgan fingerprint density at radius 2 is 1.96 bits per heavy atom. The molecule has 0 spiro atoms. The molecular formula is C19H25F3N2O2. The Kier molecular flexibility index (Phi) is 4.92. The lowest BCUT2D eigenvalue weighted by molar-refractivity contribution is -0.137. The highest BCUT2D eigenvalue weighted by Gasteiger charge is 2.47. The quantitative estimate of drug-likeness (QED) is 0.776. The molecule has 1 aliphatic heterocycles. The van der Waals surface area contributed by atoms with Crippen molar-refractivity contribution < 1.29 is 22.7 Å². The van der Waals surface area contributed by atoms with Crippen molar-refractivity contribution in [1.29, 1.82) is 0 Å². The van der Waals surface area contributed by atoms with Gasteiger partial charge in [0.15, 0.2) is 0 Å². The van der Waals surface area contributed by atoms with Crippen LogP contribution in [0.3, 0.4) is 0 Å². The predicted octanol–water partition coefficient (Wildman–Crippen LogP) is 4.68. The first-order valence-corrected chi connectivity index (χ1v) is 9.04. The molecule has 144 valence electrons. The molecule has 3 rings (SSSR count). The van der Waals surface area contributed by atoms with Gasteiger partial charge in [-0.05, 0) is 70.4 Å². The summed E-state index contributed by atoms with van der Waals surface area (Å²) < 4.78 is 43.4. The lowest BCUT2D eigenvalue weighted by Crippen LogP contribution is -2.47. The van der Waals surface area contributed by atoms with Crippen molar-refractivity contribution in [3.63, 3.8) is 0 Å². The molecule has 0 bridgehead atoms. The van der Waals surface area contributed by atoms with Gasteiger partial charge in [-0.25, -0.2) is 4.79 Å². The summed E-state index contributed by atoms with van der Waals surface area (Å²) in [5.41, 5.74) is -0.674. The SMILES string of the molecule is CC(C)(C)OC(=O)N1C[C@@H]2C[C@@H]2C[C@H]1CCc1ccc(C(F)(F)F)cn1. The number of hydrogen-bond acceptors (Lipinski definition) is 3. The number of likely N-dealkylation sites (tertiary alicyclic amines) is 1. The number of pyridine rings is 1. The average molecular weight is 370 g/mol. The van der Waals surface area contributed by atoms with E-state index in [1.807, 2.05) is 25.7 Å². The minimum absolute atomic E-state index is 0.0534. The topological polar surface area (TPSA) is 42.4 Å². The van der Waals surface area contributed by atoms with Gasteiger partial charge in [0.25, 0.3) is 0 Å². The standard InChI is InChI=1S/C19H25F3N2O2/c1-18(2,3)26-17(25)24-11-13-8-12(13)9-16(24)7-6-15-5-4-14(10-23-15)19(20,21)22/h4-5,10,12-13,16H,6-9,11H2,1-3H3/t12-,13+,16-/m1/s1. The number of carbonyl (C=O) groups excluding carboxylic acids is 1. The largest absolute Gasteiger partial charge is 0.444 e. The van der Waals surface area contributed by atoms with Crippen LogP contribution < -0.4 is 0 Å². The smallest absolute Gasteiger partial charge is 0.417 e. The van der Waals surface area contributed by atoms with Crippen molar-refractivity contribution in [3.05, 3.63) is 29.6 Å². The summed E-state index contributed by atoms with van der Waals surface area (Å²) in [6.07, 6.45) is -0.491. The predicted molar refractivity (Wildman–Crippen MR) is 90.5 cm³/mol. The number of piperidine rings is 1. The summed E-state index contributed by atoms with van der Waals surface area (Å²) in [5.74, 6) is 1.24. The van der Waals surface area contributed by atoms with Crippen LogP contribution in [0.1, 0.15) is 51.3 Å². The Bertz CT molecular complexity index is 652. The number of halogens is 3. The van der Waals surface area contributed by atoms with Crippen LogP contribution in [0, 0.1) is 11.8 Å². The second-order valence-electron chi connectivity index (χ2n) is 8.35. The number of carbonyl (C=O) groups is 1. The van der Waals surface area contributed by atoms with Crippen LogP contribution in [0.4, 0.5) is 18.0 Å². The molecular weight excluding hydrogens is 345 g/mol. The molecule has 26 heavy (non-hydrogen) atoms. The molecule has 2 fully saturated rings. The van der Waals surface area contributed by atoms with Crippen molar-refractivity contribution >= 4 is 6.09 Å². The van der Waals surface area contributed by atoms with Gasteiger partial charge in [0.1, 0.15) is 5.60 Å². The van der Waals surface area contributed by atoms with Crippen molar-refractivity contribution in [2.45, 2.75) is 64.3 Å². The molecule has 0 N–H and O–H groups in total. The first-order chi connectivity index (χ1) is 12.0. The van der Waals surface area contributed by atoms with Gasteiger partial charge in [-0.1, -0.05) is 0 Å². The molecule has 2 heterocycles. The fraction of sp³-hybridized carbons (Fsp3) is 0.684. The third-order valence-electron chi connectivity index (χ3n) is 5.03. The Hall–Kier alpha value is -1.79. The highest BCUT2D eigenvalue weighted by atomic mass is 19.4. The number of rotatable bonds is 3. The number of alkyl halides is 3. The Labute approximate surface area is 151 Å². The first kappa shape index (κ1) is 19.0. The van der Waals surface area contributed by atoms with E-state index in [0.717, 1.165) is 25.1 Å². The summed E-state index contributed by atoms with van der Waals surface area (Å²) in [6.45, 7) is 6.24. The first-order valence-electron chi connectivity index (χ1n) is 9.04. The van der Waals surface area contributed by atoms with Crippen LogP contribution in [0.15, 0.2) is 18.3 Å². The molecule has 1 aromatic heterocycles. The molecule has 1 aliphatic carbocycles. The van der Waals surface area contributed by atoms with E-state index in [1.54, 1.807) is 0 Å². The minimum atomic E-state index is -4.37. The summed E-state index contributed by atoms with van der Waals surface area (Å²) in [4.78, 5) is 18.3. The molecule has 0 aromatic carbocycles. The number of aryl methyl sites for hydroxylation is 1. The van der Waals surface area contributed by atoms with E-state index in [1.165, 1.54) is 6.07 Å². The highest BCUT2D eigenvalue weighted by Crippen LogP contribution is 2.48. The zero-order valence-corrected chi connectivity index (χ0v) is 15.3. The number of amides is 1. The molecule has 3 atom stereocenters. The van der Waals surface area contributed by atoms with Gasteiger partial charge in [-0.3, -0.25) is 4.98 Å². The van der Waals surface area contributed by atoms with Gasteiger partial charge < -0.3 is 9.64 Å². The number of fused-ring (bicyclic) bond motifs is 1. The van der Waals surface area contributed by atoms with Gasteiger partial charge >= 0.3 is 12.3 Å². The van der Waals surface area contributed by atoms with Gasteiger partial charge in [0.05, 0.1) is 5.56 Å². The van der Waals surface area contributed by atoms with Crippen LogP contribution in [-0.2, 0) is 17.3 Å². The van der Waals surface area contributed by atoms with Crippen LogP contribution in [0.25, 0.3) is 0 Å². The highest BCUT2D eigenvalue weighted by molar-refractivity contribution is 5.69. The van der Waals surface area contributed by atoms with E-state index >= 15 is 0 Å². The van der Waals surface area contributed by atoms with Crippen LogP contribution in [0.2, 0.25) is 0 Å². The number of nitrogens with zero attached hydrogens (tertiary/aromatic N) is 2. The van der Waals surface area contributed by atoms with Crippen molar-refractivity contribution in [3.8, 4) is 0 Å². The summed E-state index contributed by atoms with van der Waals surface area (Å²) >= 11 is 0. The Morgan fingerprint density at radius 1 is 1.23 bits per heavy atom. The molecule has 7 heteroatoms. The maximum atomic E-state index is 12.6. The van der Waals surface area contributed by atoms with Crippen molar-refractivity contribution in [2.24, 2.45) is 11.8 Å². The molecule has 2 aliphatic rings. The third kappa shape index (κ3) is 4.68. The van der Waals surface area contributed by atoms with Gasteiger partial charge in [0, 0.05) is 24.5 Å². The van der Waals surface area contributed by atoms with E-state index in [9.17, 15) is 18.0 Å². The van der Waals surface area contributed by atoms with E-state index in [2.05, 4.69) is 4.98 Å². The molecule has 1 amide bonds. The van der Waals surface area contributed by atoms with Crippen molar-refractivity contribution in [1.82, 2.24) is 9.88 Å². The van der Waals surface area contributed by atoms with Crippen LogP contribution >= 0.6 is 0 Å². The normalized spacial score (nSPS) is 25.6. The zero-order chi connectivity index (χ0) is 19.1. The number of aromatic nitrogens is 1. The molecule has 0 unspecified atom stereocenters. The number of ether oxygens (including phenoxy) is 1. The molecule has 4 nitrogen and oxygen atoms in total. The van der Waals surface area contributed by atoms with E-state index in [4.69, 9.17) is 4.74 Å². The van der Waals surface area contributed by atoms with E-state index in [-0.39, 0.29) is 12.1 Å². The fourth-order valence-electron chi connectivity index (χ4n) is 3.57. The van der Waals surface area contributed by atoms with E-state index < -0.39 is 17.3 Å². The lowest BCUT2D eigenvalue weighted by Gasteiger charge is -2.36. The summed E-state index contributed by atoms with van der Waals surface area (Å²) in [6, 6.07) is 2.53. The van der Waals surface area contributed by atoms with Gasteiger partial charge in [0.2, 0.25) is 0 Å². The molecule has 1 saturated heterocycles. The van der Waals surface area contributed by atoms with Gasteiger partial charge in [-0.15, -0.1) is 0 Å². The zero-order valence-electron chi connectivity index (χ0n) is 15.3. The monoisotopic (exact) mass is 370 g/mol. The molecule has 1 aromatic rings. The van der Waals surface area contributed by atoms with E-state index in [0.29, 0.717) is 36.9 Å². The Morgan fingerprint density at radius 3 is 2.54 bits per heavy atom. The maximum absolute atomic E-state index is 12.6. The second kappa shape index (κ2) is 6.74. The van der Waals surface area contributed by atoms with Crippen LogP contribution in [0.5, 0.6) is 0 Å². The maximum Gasteiger partial charge on any atom is 0.417 e. The van der Waals surface area contributed by atoms with Crippen molar-refractivity contribution in [2.75, 3.05) is 6.54 Å². The Balaban J connectivity index is 1.62. The molecule has 1 saturated carbocycles. The lowest BCUT2D eigenvalue weighted by atomic mass is 9.97. The van der Waals surface area contributed by atoms with Crippen LogP contribution in [-0.4, -0.2) is 34.2 Å².